The second-order valence-electron chi connectivity index (χ2n) is 7.07. The molecule has 140 valence electrons. The van der Waals surface area contributed by atoms with Gasteiger partial charge >= 0.3 is 0 Å². The van der Waals surface area contributed by atoms with Crippen LogP contribution >= 0.6 is 0 Å². The summed E-state index contributed by atoms with van der Waals surface area (Å²) < 4.78 is 0. The molecule has 0 spiro atoms. The standard InChI is InChI=1S/C21H41N3/c1-2-3-4-5-6-7-8-9-10-11-12-13-14-15-16-21-23-18-20-24(21)19-17-22/h14-15H,2-13,16-20,22H2,1H3/b15-14+. The molecule has 0 atom stereocenters. The molecule has 1 heterocycles. The molecule has 0 saturated carbocycles. The van der Waals surface area contributed by atoms with E-state index < -0.39 is 0 Å². The SMILES string of the molecule is CCCCCCCCCCCCC/C=C/CC1=NCCN1CCN. The van der Waals surface area contributed by atoms with Gasteiger partial charge in [0.05, 0.1) is 6.54 Å². The van der Waals surface area contributed by atoms with Gasteiger partial charge in [-0.05, 0) is 12.8 Å². The summed E-state index contributed by atoms with van der Waals surface area (Å²) in [5.74, 6) is 1.23. The monoisotopic (exact) mass is 335 g/mol. The highest BCUT2D eigenvalue weighted by Gasteiger charge is 2.13. The quantitative estimate of drug-likeness (QED) is 0.307. The van der Waals surface area contributed by atoms with Crippen LogP contribution in [0.2, 0.25) is 0 Å². The average Bonchev–Trinajstić information content (AvgIpc) is 3.03. The number of amidine groups is 1. The van der Waals surface area contributed by atoms with E-state index in [2.05, 4.69) is 29.0 Å². The zero-order valence-corrected chi connectivity index (χ0v) is 16.1. The van der Waals surface area contributed by atoms with Crippen LogP contribution in [0.25, 0.3) is 0 Å². The molecule has 0 bridgehead atoms. The van der Waals surface area contributed by atoms with Crippen molar-refractivity contribution in [1.82, 2.24) is 4.90 Å². The topological polar surface area (TPSA) is 41.6 Å². The van der Waals surface area contributed by atoms with E-state index in [0.717, 1.165) is 32.6 Å². The first-order valence-electron chi connectivity index (χ1n) is 10.5. The molecule has 0 unspecified atom stereocenters. The number of hydrogen-bond acceptors (Lipinski definition) is 3. The van der Waals surface area contributed by atoms with Crippen LogP contribution in [-0.4, -0.2) is 36.9 Å². The fourth-order valence-corrected chi connectivity index (χ4v) is 3.35. The molecule has 3 heteroatoms. The van der Waals surface area contributed by atoms with Crippen molar-refractivity contribution < 1.29 is 0 Å². The maximum Gasteiger partial charge on any atom is 0.103 e. The molecule has 0 aromatic heterocycles. The van der Waals surface area contributed by atoms with Crippen molar-refractivity contribution >= 4 is 5.84 Å². The molecular formula is C21H41N3. The predicted molar refractivity (Wildman–Crippen MR) is 108 cm³/mol. The molecule has 1 aliphatic heterocycles. The zero-order valence-electron chi connectivity index (χ0n) is 16.1. The Morgan fingerprint density at radius 2 is 1.54 bits per heavy atom. The zero-order chi connectivity index (χ0) is 17.3. The van der Waals surface area contributed by atoms with Crippen molar-refractivity contribution in [3.8, 4) is 0 Å². The summed E-state index contributed by atoms with van der Waals surface area (Å²) >= 11 is 0. The molecule has 0 amide bonds. The van der Waals surface area contributed by atoms with E-state index >= 15 is 0 Å². The molecule has 2 N–H and O–H groups in total. The number of rotatable bonds is 16. The second-order valence-corrected chi connectivity index (χ2v) is 7.07. The Bertz CT molecular complexity index is 336. The van der Waals surface area contributed by atoms with E-state index in [9.17, 15) is 0 Å². The Morgan fingerprint density at radius 1 is 0.917 bits per heavy atom. The van der Waals surface area contributed by atoms with Gasteiger partial charge in [-0.15, -0.1) is 0 Å². The van der Waals surface area contributed by atoms with Crippen LogP contribution in [0.4, 0.5) is 0 Å². The van der Waals surface area contributed by atoms with Crippen molar-refractivity contribution in [2.24, 2.45) is 10.7 Å². The molecule has 0 fully saturated rings. The fourth-order valence-electron chi connectivity index (χ4n) is 3.35. The number of allylic oxidation sites excluding steroid dienone is 1. The lowest BCUT2D eigenvalue weighted by atomic mass is 10.1. The summed E-state index contributed by atoms with van der Waals surface area (Å²) in [7, 11) is 0. The van der Waals surface area contributed by atoms with Gasteiger partial charge in [-0.25, -0.2) is 0 Å². The number of unbranched alkanes of at least 4 members (excludes halogenated alkanes) is 11. The lowest BCUT2D eigenvalue weighted by Crippen LogP contribution is -2.32. The van der Waals surface area contributed by atoms with Gasteiger partial charge in [0, 0.05) is 26.1 Å². The Labute approximate surface area is 150 Å². The van der Waals surface area contributed by atoms with E-state index in [0.29, 0.717) is 0 Å². The van der Waals surface area contributed by atoms with Crippen LogP contribution in [0.1, 0.15) is 90.4 Å². The van der Waals surface area contributed by atoms with Gasteiger partial charge in [0.25, 0.3) is 0 Å². The first-order valence-corrected chi connectivity index (χ1v) is 10.5. The first-order chi connectivity index (χ1) is 11.9. The summed E-state index contributed by atoms with van der Waals surface area (Å²) in [5.41, 5.74) is 5.64. The number of hydrogen-bond donors (Lipinski definition) is 1. The van der Waals surface area contributed by atoms with Gasteiger partial charge in [0.15, 0.2) is 0 Å². The lowest BCUT2D eigenvalue weighted by Gasteiger charge is -2.18. The fraction of sp³-hybridized carbons (Fsp3) is 0.857. The van der Waals surface area contributed by atoms with E-state index in [1.807, 2.05) is 0 Å². The Kier molecular flexibility index (Phi) is 13.9. The molecule has 3 nitrogen and oxygen atoms in total. The van der Waals surface area contributed by atoms with Crippen LogP contribution in [-0.2, 0) is 0 Å². The molecule has 1 aliphatic rings. The Balaban J connectivity index is 1.85. The van der Waals surface area contributed by atoms with Crippen molar-refractivity contribution in [3.63, 3.8) is 0 Å². The first kappa shape index (κ1) is 21.2. The van der Waals surface area contributed by atoms with Crippen molar-refractivity contribution in [2.45, 2.75) is 90.4 Å². The summed E-state index contributed by atoms with van der Waals surface area (Å²) in [5, 5.41) is 0. The highest BCUT2D eigenvalue weighted by Crippen LogP contribution is 2.12. The minimum Gasteiger partial charge on any atom is -0.357 e. The summed E-state index contributed by atoms with van der Waals surface area (Å²) in [6.45, 7) is 5.96. The third-order valence-electron chi connectivity index (χ3n) is 4.87. The molecule has 1 rings (SSSR count). The number of aliphatic imine (C=N–C) groups is 1. The van der Waals surface area contributed by atoms with Gasteiger partial charge in [0.2, 0.25) is 0 Å². The molecule has 0 aromatic rings. The predicted octanol–water partition coefficient (Wildman–Crippen LogP) is 5.31. The Morgan fingerprint density at radius 3 is 2.17 bits per heavy atom. The Hall–Kier alpha value is -0.830. The highest BCUT2D eigenvalue weighted by molar-refractivity contribution is 5.85. The summed E-state index contributed by atoms with van der Waals surface area (Å²) in [6.07, 6.45) is 22.4. The third kappa shape index (κ3) is 10.9. The van der Waals surface area contributed by atoms with E-state index in [1.54, 1.807) is 0 Å². The maximum atomic E-state index is 5.64. The maximum absolute atomic E-state index is 5.64. The van der Waals surface area contributed by atoms with Crippen LogP contribution in [0.15, 0.2) is 17.1 Å². The molecular weight excluding hydrogens is 294 g/mol. The van der Waals surface area contributed by atoms with Crippen molar-refractivity contribution in [2.75, 3.05) is 26.2 Å². The van der Waals surface area contributed by atoms with E-state index in [-0.39, 0.29) is 0 Å². The van der Waals surface area contributed by atoms with Crippen molar-refractivity contribution in [1.29, 1.82) is 0 Å². The summed E-state index contributed by atoms with van der Waals surface area (Å²) in [6, 6.07) is 0. The van der Waals surface area contributed by atoms with Crippen molar-refractivity contribution in [3.05, 3.63) is 12.2 Å². The molecule has 0 aliphatic carbocycles. The van der Waals surface area contributed by atoms with Gasteiger partial charge in [0.1, 0.15) is 5.84 Å². The van der Waals surface area contributed by atoms with Crippen LogP contribution in [0, 0.1) is 0 Å². The van der Waals surface area contributed by atoms with Gasteiger partial charge < -0.3 is 10.6 Å². The number of nitrogens with two attached hydrogens (primary N) is 1. The number of nitrogens with zero attached hydrogens (tertiary/aromatic N) is 2. The van der Waals surface area contributed by atoms with Crippen LogP contribution < -0.4 is 5.73 Å². The largest absolute Gasteiger partial charge is 0.357 e. The van der Waals surface area contributed by atoms with Crippen LogP contribution in [0.5, 0.6) is 0 Å². The summed E-state index contributed by atoms with van der Waals surface area (Å²) in [4.78, 5) is 6.90. The van der Waals surface area contributed by atoms with E-state index in [4.69, 9.17) is 5.73 Å². The average molecular weight is 336 g/mol. The van der Waals surface area contributed by atoms with Crippen LogP contribution in [0.3, 0.4) is 0 Å². The highest BCUT2D eigenvalue weighted by atomic mass is 15.2. The van der Waals surface area contributed by atoms with Gasteiger partial charge in [-0.2, -0.15) is 0 Å². The smallest absolute Gasteiger partial charge is 0.103 e. The minimum absolute atomic E-state index is 0.724. The third-order valence-corrected chi connectivity index (χ3v) is 4.87. The van der Waals surface area contributed by atoms with Gasteiger partial charge in [-0.1, -0.05) is 83.3 Å². The lowest BCUT2D eigenvalue weighted by molar-refractivity contribution is 0.462. The normalized spacial score (nSPS) is 14.8. The molecule has 0 saturated heterocycles. The molecule has 0 radical (unpaired) electrons. The van der Waals surface area contributed by atoms with Gasteiger partial charge in [-0.3, -0.25) is 4.99 Å². The second kappa shape index (κ2) is 15.7. The minimum atomic E-state index is 0.724. The van der Waals surface area contributed by atoms with E-state index in [1.165, 1.54) is 82.9 Å². The molecule has 0 aromatic carbocycles. The molecule has 24 heavy (non-hydrogen) atoms.